The summed E-state index contributed by atoms with van der Waals surface area (Å²) in [4.78, 5) is 55.4. The molecule has 3 aliphatic carbocycles. The van der Waals surface area contributed by atoms with Crippen molar-refractivity contribution in [2.75, 3.05) is 12.0 Å². The molecule has 4 aliphatic rings. The minimum Gasteiger partial charge on any atom is -0.507 e. The van der Waals surface area contributed by atoms with Crippen molar-refractivity contribution in [3.8, 4) is 11.5 Å². The molecule has 1 saturated heterocycles. The van der Waals surface area contributed by atoms with Gasteiger partial charge in [-0.3, -0.25) is 24.1 Å². The average molecular weight is 530 g/mol. The molecule has 4 unspecified atom stereocenters. The highest BCUT2D eigenvalue weighted by molar-refractivity contribution is 6.31. The number of halogens is 1. The normalized spacial score (nSPS) is 26.6. The van der Waals surface area contributed by atoms with Crippen molar-refractivity contribution in [2.24, 2.45) is 17.8 Å². The van der Waals surface area contributed by atoms with Crippen molar-refractivity contribution in [1.29, 1.82) is 0 Å². The van der Waals surface area contributed by atoms with Gasteiger partial charge in [0, 0.05) is 33.2 Å². The Kier molecular flexibility index (Phi) is 5.65. The number of fused-ring (bicyclic) bond motifs is 3. The fourth-order valence-corrected chi connectivity index (χ4v) is 6.68. The first-order valence-corrected chi connectivity index (χ1v) is 12.8. The fourth-order valence-electron chi connectivity index (χ4n) is 6.56. The van der Waals surface area contributed by atoms with Gasteiger partial charge in [-0.2, -0.15) is 0 Å². The number of ketones is 2. The number of benzene rings is 2. The number of phenols is 1. The second-order valence-electron chi connectivity index (χ2n) is 10.1. The van der Waals surface area contributed by atoms with Crippen molar-refractivity contribution in [3.05, 3.63) is 87.5 Å². The smallest absolute Gasteiger partial charge is 0.238 e. The monoisotopic (exact) mass is 529 g/mol. The van der Waals surface area contributed by atoms with Crippen LogP contribution >= 0.6 is 11.6 Å². The van der Waals surface area contributed by atoms with E-state index in [-0.39, 0.29) is 35.6 Å². The summed E-state index contributed by atoms with van der Waals surface area (Å²) in [5.74, 6) is -3.48. The third-order valence-electron chi connectivity index (χ3n) is 8.20. The predicted octanol–water partition coefficient (Wildman–Crippen LogP) is 4.69. The van der Waals surface area contributed by atoms with Crippen LogP contribution in [0.3, 0.4) is 0 Å². The first kappa shape index (κ1) is 24.4. The Morgan fingerprint density at radius 1 is 1.00 bits per heavy atom. The third kappa shape index (κ3) is 3.42. The van der Waals surface area contributed by atoms with Crippen LogP contribution in [0.15, 0.2) is 76.9 Å². The summed E-state index contributed by atoms with van der Waals surface area (Å²) in [5, 5.41) is 11.5. The zero-order chi connectivity index (χ0) is 26.9. The molecule has 1 N–H and O–H groups in total. The van der Waals surface area contributed by atoms with E-state index < -0.39 is 23.7 Å². The van der Waals surface area contributed by atoms with E-state index in [1.807, 2.05) is 6.08 Å². The molecule has 8 heteroatoms. The minimum absolute atomic E-state index is 0.0759. The van der Waals surface area contributed by atoms with Crippen LogP contribution in [0.4, 0.5) is 5.69 Å². The number of ether oxygens (including phenoxy) is 1. The second kappa shape index (κ2) is 8.81. The third-order valence-corrected chi connectivity index (χ3v) is 8.45. The predicted molar refractivity (Wildman–Crippen MR) is 140 cm³/mol. The summed E-state index contributed by atoms with van der Waals surface area (Å²) in [6, 6.07) is 11.4. The molecule has 4 atom stereocenters. The van der Waals surface area contributed by atoms with Gasteiger partial charge in [0.25, 0.3) is 0 Å². The highest BCUT2D eigenvalue weighted by atomic mass is 35.5. The van der Waals surface area contributed by atoms with Crippen LogP contribution in [-0.2, 0) is 19.2 Å². The maximum absolute atomic E-state index is 13.9. The van der Waals surface area contributed by atoms with E-state index in [0.717, 1.165) is 5.57 Å². The summed E-state index contributed by atoms with van der Waals surface area (Å²) in [6.07, 6.45) is 3.71. The van der Waals surface area contributed by atoms with Gasteiger partial charge >= 0.3 is 0 Å². The quantitative estimate of drug-likeness (QED) is 0.352. The van der Waals surface area contributed by atoms with Gasteiger partial charge in [-0.05, 0) is 68.2 Å². The number of carbonyl (C=O) groups excluding carboxylic acids is 4. The first-order chi connectivity index (χ1) is 18.2. The van der Waals surface area contributed by atoms with Crippen LogP contribution < -0.4 is 9.64 Å². The van der Waals surface area contributed by atoms with Gasteiger partial charge in [-0.15, -0.1) is 0 Å². The lowest BCUT2D eigenvalue weighted by Gasteiger charge is -2.42. The Bertz CT molecular complexity index is 1530. The molecule has 38 heavy (non-hydrogen) atoms. The second-order valence-corrected chi connectivity index (χ2v) is 10.5. The summed E-state index contributed by atoms with van der Waals surface area (Å²) in [5.41, 5.74) is 2.52. The number of Topliss-reactive ketones (excluding diaryl/α,β-unsaturated/α-hetero) is 1. The van der Waals surface area contributed by atoms with Crippen LogP contribution in [0.25, 0.3) is 0 Å². The molecule has 1 fully saturated rings. The number of methoxy groups -OCH3 is 1. The van der Waals surface area contributed by atoms with Crippen molar-refractivity contribution >= 4 is 40.7 Å². The van der Waals surface area contributed by atoms with Gasteiger partial charge in [0.1, 0.15) is 11.5 Å². The molecule has 0 radical (unpaired) electrons. The highest BCUT2D eigenvalue weighted by Crippen LogP contribution is 2.57. The molecule has 2 amide bonds. The first-order valence-electron chi connectivity index (χ1n) is 12.4. The van der Waals surface area contributed by atoms with Gasteiger partial charge in [0.05, 0.1) is 24.6 Å². The number of carbonyl (C=O) groups is 4. The molecule has 6 rings (SSSR count). The number of rotatable bonds is 3. The van der Waals surface area contributed by atoms with E-state index in [4.69, 9.17) is 16.3 Å². The van der Waals surface area contributed by atoms with Gasteiger partial charge in [0.15, 0.2) is 11.6 Å². The lowest BCUT2D eigenvalue weighted by molar-refractivity contribution is -0.123. The molecular formula is C30H24ClNO6. The number of aromatic hydroxyl groups is 1. The molecule has 1 aliphatic heterocycles. The van der Waals surface area contributed by atoms with Gasteiger partial charge in [-0.25, -0.2) is 0 Å². The van der Waals surface area contributed by atoms with Gasteiger partial charge < -0.3 is 9.84 Å². The van der Waals surface area contributed by atoms with Crippen LogP contribution in [0.5, 0.6) is 11.5 Å². The van der Waals surface area contributed by atoms with E-state index in [0.29, 0.717) is 45.2 Å². The Balaban J connectivity index is 1.52. The zero-order valence-electron chi connectivity index (χ0n) is 20.7. The molecule has 192 valence electrons. The molecular weight excluding hydrogens is 506 g/mol. The minimum atomic E-state index is -0.783. The van der Waals surface area contributed by atoms with Crippen molar-refractivity contribution in [3.63, 3.8) is 0 Å². The van der Waals surface area contributed by atoms with E-state index in [9.17, 15) is 24.3 Å². The van der Waals surface area contributed by atoms with E-state index in [1.54, 1.807) is 43.3 Å². The van der Waals surface area contributed by atoms with Crippen molar-refractivity contribution < 1.29 is 29.0 Å². The Morgan fingerprint density at radius 2 is 1.74 bits per heavy atom. The number of phenolic OH excluding ortho intramolecular Hbond substituents is 1. The maximum atomic E-state index is 13.9. The molecule has 0 aromatic heterocycles. The van der Waals surface area contributed by atoms with Crippen LogP contribution in [-0.4, -0.2) is 35.6 Å². The summed E-state index contributed by atoms with van der Waals surface area (Å²) >= 11 is 6.02. The largest absolute Gasteiger partial charge is 0.507 e. The Hall–Kier alpha value is -3.97. The van der Waals surface area contributed by atoms with Crippen LogP contribution in [0.2, 0.25) is 5.02 Å². The molecule has 0 spiro atoms. The van der Waals surface area contributed by atoms with Crippen molar-refractivity contribution in [1.82, 2.24) is 0 Å². The molecule has 0 saturated carbocycles. The van der Waals surface area contributed by atoms with Crippen molar-refractivity contribution in [2.45, 2.75) is 25.7 Å². The molecule has 2 aromatic carbocycles. The van der Waals surface area contributed by atoms with Crippen LogP contribution in [0.1, 0.15) is 31.2 Å². The standard InChI is InChI=1S/C30H24ClNO6/c1-14-12-22(34)25-20(28(14)35)13-19-17(26(25)27-21(33)4-3-5-23(27)38-2)10-11-18-24(19)30(37)32(29(18)36)16-8-6-15(31)7-9-16/h3-10,12,18-19,24,26,33H,11,13H2,1-2H3. The topological polar surface area (TPSA) is 101 Å². The highest BCUT2D eigenvalue weighted by Gasteiger charge is 2.57. The maximum Gasteiger partial charge on any atom is 0.238 e. The van der Waals surface area contributed by atoms with E-state index in [1.165, 1.54) is 24.2 Å². The summed E-state index contributed by atoms with van der Waals surface area (Å²) < 4.78 is 5.57. The molecule has 0 bridgehead atoms. The lowest BCUT2D eigenvalue weighted by Crippen LogP contribution is -2.40. The number of allylic oxidation sites excluding steroid dienone is 6. The number of hydrogen-bond donors (Lipinski definition) is 1. The zero-order valence-corrected chi connectivity index (χ0v) is 21.5. The number of hydrogen-bond acceptors (Lipinski definition) is 6. The Morgan fingerprint density at radius 3 is 2.45 bits per heavy atom. The average Bonchev–Trinajstić information content (AvgIpc) is 3.16. The van der Waals surface area contributed by atoms with E-state index in [2.05, 4.69) is 0 Å². The SMILES string of the molecule is COc1cccc(O)c1C1C2=CCC3C(=O)N(c4ccc(Cl)cc4)C(=O)C3C2CC2=C1C(=O)C=C(C)C2=O. The van der Waals surface area contributed by atoms with E-state index >= 15 is 0 Å². The number of nitrogens with zero attached hydrogens (tertiary/aromatic N) is 1. The lowest BCUT2D eigenvalue weighted by atomic mass is 9.59. The van der Waals surface area contributed by atoms with Gasteiger partial charge in [-0.1, -0.05) is 29.3 Å². The molecule has 1 heterocycles. The van der Waals surface area contributed by atoms with Crippen LogP contribution in [0, 0.1) is 17.8 Å². The molecule has 2 aromatic rings. The number of anilines is 1. The summed E-state index contributed by atoms with van der Waals surface area (Å²) in [6.45, 7) is 1.60. The Labute approximate surface area is 224 Å². The summed E-state index contributed by atoms with van der Waals surface area (Å²) in [7, 11) is 1.47. The number of amides is 2. The fraction of sp³-hybridized carbons (Fsp3) is 0.267. The molecule has 7 nitrogen and oxygen atoms in total. The van der Waals surface area contributed by atoms with Gasteiger partial charge in [0.2, 0.25) is 11.8 Å². The number of imide groups is 1.